The first-order chi connectivity index (χ1) is 12.8. The molecule has 0 aliphatic heterocycles. The minimum Gasteiger partial charge on any atom is -0.503 e. The second kappa shape index (κ2) is 8.87. The van der Waals surface area contributed by atoms with E-state index in [4.69, 9.17) is 4.74 Å². The SMILES string of the molecule is COc1cc(/C=C(\C#N)C(=O)Nc2ccc(NC(C)=O)cc2)cc(Br)c1O. The Hall–Kier alpha value is -3.31. The van der Waals surface area contributed by atoms with Crippen molar-refractivity contribution in [3.05, 3.63) is 52.0 Å². The number of benzene rings is 2. The molecule has 3 N–H and O–H groups in total. The Morgan fingerprint density at radius 2 is 1.78 bits per heavy atom. The van der Waals surface area contributed by atoms with Gasteiger partial charge in [0.2, 0.25) is 5.91 Å². The second-order valence-corrected chi connectivity index (χ2v) is 6.29. The van der Waals surface area contributed by atoms with Gasteiger partial charge >= 0.3 is 0 Å². The van der Waals surface area contributed by atoms with Crippen molar-refractivity contribution in [3.8, 4) is 17.6 Å². The molecular formula is C19H16BrN3O4. The van der Waals surface area contributed by atoms with Gasteiger partial charge in [-0.15, -0.1) is 0 Å². The summed E-state index contributed by atoms with van der Waals surface area (Å²) in [6.07, 6.45) is 1.38. The standard InChI is InChI=1S/C19H16BrN3O4/c1-11(24)22-14-3-5-15(6-4-14)23-19(26)13(10-21)7-12-8-16(20)18(25)17(9-12)27-2/h3-9,25H,1-2H3,(H,22,24)(H,23,26)/b13-7+. The molecule has 0 heterocycles. The summed E-state index contributed by atoms with van der Waals surface area (Å²) in [5.74, 6) is -0.649. The summed E-state index contributed by atoms with van der Waals surface area (Å²) in [6, 6.07) is 11.4. The van der Waals surface area contributed by atoms with E-state index in [2.05, 4.69) is 26.6 Å². The minimum atomic E-state index is -0.590. The molecule has 0 spiro atoms. The van der Waals surface area contributed by atoms with E-state index in [1.165, 1.54) is 26.2 Å². The highest BCUT2D eigenvalue weighted by Gasteiger charge is 2.12. The number of amides is 2. The lowest BCUT2D eigenvalue weighted by atomic mass is 10.1. The molecule has 8 heteroatoms. The van der Waals surface area contributed by atoms with Crippen molar-refractivity contribution in [2.45, 2.75) is 6.92 Å². The quantitative estimate of drug-likeness (QED) is 0.495. The zero-order chi connectivity index (χ0) is 20.0. The molecule has 0 atom stereocenters. The largest absolute Gasteiger partial charge is 0.503 e. The molecule has 2 amide bonds. The van der Waals surface area contributed by atoms with Gasteiger partial charge in [0.25, 0.3) is 5.91 Å². The third-order valence-electron chi connectivity index (χ3n) is 3.41. The fraction of sp³-hybridized carbons (Fsp3) is 0.105. The third-order valence-corrected chi connectivity index (χ3v) is 4.01. The molecule has 138 valence electrons. The Kier molecular flexibility index (Phi) is 6.57. The number of phenols is 1. The molecule has 7 nitrogen and oxygen atoms in total. The lowest BCUT2D eigenvalue weighted by molar-refractivity contribution is -0.114. The number of anilines is 2. The number of ether oxygens (including phenoxy) is 1. The highest BCUT2D eigenvalue weighted by molar-refractivity contribution is 9.10. The number of hydrogen-bond acceptors (Lipinski definition) is 5. The van der Waals surface area contributed by atoms with Gasteiger partial charge in [-0.05, 0) is 64.0 Å². The van der Waals surface area contributed by atoms with E-state index in [1.807, 2.05) is 6.07 Å². The van der Waals surface area contributed by atoms with E-state index >= 15 is 0 Å². The van der Waals surface area contributed by atoms with Crippen LogP contribution in [0.25, 0.3) is 6.08 Å². The van der Waals surface area contributed by atoms with E-state index < -0.39 is 5.91 Å². The Morgan fingerprint density at radius 3 is 2.30 bits per heavy atom. The fourth-order valence-electron chi connectivity index (χ4n) is 2.19. The summed E-state index contributed by atoms with van der Waals surface area (Å²) in [7, 11) is 1.40. The molecule has 0 radical (unpaired) electrons. The Labute approximate surface area is 164 Å². The van der Waals surface area contributed by atoms with Crippen LogP contribution in [0.15, 0.2) is 46.4 Å². The molecule has 0 saturated carbocycles. The van der Waals surface area contributed by atoms with Gasteiger partial charge in [-0.2, -0.15) is 5.26 Å². The summed E-state index contributed by atoms with van der Waals surface area (Å²) in [5.41, 5.74) is 1.45. The normalized spacial score (nSPS) is 10.7. The first-order valence-corrected chi connectivity index (χ1v) is 8.50. The maximum absolute atomic E-state index is 12.4. The van der Waals surface area contributed by atoms with Crippen molar-refractivity contribution in [3.63, 3.8) is 0 Å². The summed E-state index contributed by atoms with van der Waals surface area (Å²) in [5, 5.41) is 24.4. The smallest absolute Gasteiger partial charge is 0.266 e. The van der Waals surface area contributed by atoms with Gasteiger partial charge in [0.05, 0.1) is 11.6 Å². The van der Waals surface area contributed by atoms with Gasteiger partial charge in [0.15, 0.2) is 11.5 Å². The Morgan fingerprint density at radius 1 is 1.19 bits per heavy atom. The molecule has 0 saturated heterocycles. The first kappa shape index (κ1) is 20.0. The first-order valence-electron chi connectivity index (χ1n) is 7.71. The van der Waals surface area contributed by atoms with Crippen molar-refractivity contribution in [1.29, 1.82) is 5.26 Å². The van der Waals surface area contributed by atoms with Crippen LogP contribution >= 0.6 is 15.9 Å². The van der Waals surface area contributed by atoms with Gasteiger partial charge in [0, 0.05) is 18.3 Å². The number of rotatable bonds is 5. The Bertz CT molecular complexity index is 947. The van der Waals surface area contributed by atoms with Crippen molar-refractivity contribution < 1.29 is 19.4 Å². The van der Waals surface area contributed by atoms with Crippen LogP contribution in [-0.4, -0.2) is 24.0 Å². The average Bonchev–Trinajstić information content (AvgIpc) is 2.63. The number of carbonyl (C=O) groups is 2. The lowest BCUT2D eigenvalue weighted by Crippen LogP contribution is -2.13. The van der Waals surface area contributed by atoms with Gasteiger partial charge in [-0.25, -0.2) is 0 Å². The molecule has 0 aliphatic rings. The summed E-state index contributed by atoms with van der Waals surface area (Å²) < 4.78 is 5.43. The highest BCUT2D eigenvalue weighted by Crippen LogP contribution is 2.35. The van der Waals surface area contributed by atoms with E-state index in [1.54, 1.807) is 30.3 Å². The van der Waals surface area contributed by atoms with Crippen LogP contribution < -0.4 is 15.4 Å². The van der Waals surface area contributed by atoms with Crippen LogP contribution in [-0.2, 0) is 9.59 Å². The van der Waals surface area contributed by atoms with E-state index in [0.717, 1.165) is 0 Å². The van der Waals surface area contributed by atoms with Crippen molar-refractivity contribution >= 4 is 45.2 Å². The topological polar surface area (TPSA) is 111 Å². The predicted octanol–water partition coefficient (Wildman–Crippen LogP) is 3.67. The maximum Gasteiger partial charge on any atom is 0.266 e. The van der Waals surface area contributed by atoms with Gasteiger partial charge < -0.3 is 20.5 Å². The molecule has 0 aromatic heterocycles. The second-order valence-electron chi connectivity index (χ2n) is 5.44. The summed E-state index contributed by atoms with van der Waals surface area (Å²) >= 11 is 3.19. The number of methoxy groups -OCH3 is 1. The maximum atomic E-state index is 12.4. The molecule has 2 aromatic carbocycles. The van der Waals surface area contributed by atoms with Crippen LogP contribution in [0.1, 0.15) is 12.5 Å². The fourth-order valence-corrected chi connectivity index (χ4v) is 2.65. The van der Waals surface area contributed by atoms with Gasteiger partial charge in [-0.3, -0.25) is 9.59 Å². The summed E-state index contributed by atoms with van der Waals surface area (Å²) in [6.45, 7) is 1.40. The van der Waals surface area contributed by atoms with Crippen LogP contribution in [0.5, 0.6) is 11.5 Å². The minimum absolute atomic E-state index is 0.0723. The number of phenolic OH excluding ortho intramolecular Hbond substituents is 1. The highest BCUT2D eigenvalue weighted by atomic mass is 79.9. The zero-order valence-electron chi connectivity index (χ0n) is 14.5. The predicted molar refractivity (Wildman–Crippen MR) is 105 cm³/mol. The molecule has 0 aliphatic carbocycles. The van der Waals surface area contributed by atoms with Crippen LogP contribution in [0.2, 0.25) is 0 Å². The van der Waals surface area contributed by atoms with Gasteiger partial charge in [-0.1, -0.05) is 0 Å². The third kappa shape index (κ3) is 5.33. The monoisotopic (exact) mass is 429 g/mol. The number of halogens is 1. The number of nitrogens with zero attached hydrogens (tertiary/aromatic N) is 1. The zero-order valence-corrected chi connectivity index (χ0v) is 16.1. The molecule has 0 fully saturated rings. The average molecular weight is 430 g/mol. The number of nitrogens with one attached hydrogen (secondary N) is 2. The van der Waals surface area contributed by atoms with Crippen LogP contribution in [0.4, 0.5) is 11.4 Å². The van der Waals surface area contributed by atoms with E-state index in [-0.39, 0.29) is 23.0 Å². The van der Waals surface area contributed by atoms with E-state index in [9.17, 15) is 20.0 Å². The Balaban J connectivity index is 2.21. The van der Waals surface area contributed by atoms with Crippen molar-refractivity contribution in [1.82, 2.24) is 0 Å². The van der Waals surface area contributed by atoms with Crippen molar-refractivity contribution in [2.24, 2.45) is 0 Å². The van der Waals surface area contributed by atoms with Crippen LogP contribution in [0, 0.1) is 11.3 Å². The van der Waals surface area contributed by atoms with Gasteiger partial charge in [0.1, 0.15) is 11.6 Å². The molecular weight excluding hydrogens is 414 g/mol. The molecule has 2 aromatic rings. The number of hydrogen-bond donors (Lipinski definition) is 3. The van der Waals surface area contributed by atoms with Crippen LogP contribution in [0.3, 0.4) is 0 Å². The molecule has 0 bridgehead atoms. The van der Waals surface area contributed by atoms with Crippen molar-refractivity contribution in [2.75, 3.05) is 17.7 Å². The molecule has 27 heavy (non-hydrogen) atoms. The summed E-state index contributed by atoms with van der Waals surface area (Å²) in [4.78, 5) is 23.4. The number of aromatic hydroxyl groups is 1. The lowest BCUT2D eigenvalue weighted by Gasteiger charge is -2.08. The number of carbonyl (C=O) groups excluding carboxylic acids is 2. The molecule has 2 rings (SSSR count). The molecule has 0 unspecified atom stereocenters. The number of nitriles is 1. The van der Waals surface area contributed by atoms with E-state index in [0.29, 0.717) is 21.4 Å².